The molecule has 0 spiro atoms. The van der Waals surface area contributed by atoms with Crippen LogP contribution in [-0.4, -0.2) is 13.4 Å². The highest BCUT2D eigenvalue weighted by molar-refractivity contribution is 7.93. The van der Waals surface area contributed by atoms with E-state index in [-0.39, 0.29) is 4.90 Å². The van der Waals surface area contributed by atoms with Crippen molar-refractivity contribution in [2.45, 2.75) is 31.6 Å². The molecule has 0 bridgehead atoms. The molecule has 5 heteroatoms. The second kappa shape index (κ2) is 7.23. The van der Waals surface area contributed by atoms with Crippen LogP contribution in [0.5, 0.6) is 0 Å². The summed E-state index contributed by atoms with van der Waals surface area (Å²) in [6.07, 6.45) is 4.56. The van der Waals surface area contributed by atoms with Gasteiger partial charge in [-0.05, 0) is 37.1 Å². The molecular weight excluding hydrogens is 332 g/mol. The fourth-order valence-corrected chi connectivity index (χ4v) is 3.53. The molecule has 0 radical (unpaired) electrons. The number of pyridine rings is 1. The Balaban J connectivity index is 0.000000401. The third kappa shape index (κ3) is 4.57. The van der Waals surface area contributed by atoms with E-state index >= 15 is 0 Å². The van der Waals surface area contributed by atoms with Gasteiger partial charge in [0.25, 0.3) is 10.0 Å². The van der Waals surface area contributed by atoms with Crippen molar-refractivity contribution in [3.63, 3.8) is 0 Å². The lowest BCUT2D eigenvalue weighted by molar-refractivity contribution is 0.602. The maximum Gasteiger partial charge on any atom is 0.264 e. The molecule has 1 aliphatic rings. The third-order valence-electron chi connectivity index (χ3n) is 4.06. The number of anilines is 1. The number of aryl methyl sites for hydroxylation is 1. The summed E-state index contributed by atoms with van der Waals surface area (Å²) in [5.74, 6) is 1.08. The summed E-state index contributed by atoms with van der Waals surface area (Å²) in [5.41, 5.74) is 2.08. The predicted octanol–water partition coefficient (Wildman–Crippen LogP) is 4.76. The van der Waals surface area contributed by atoms with Crippen molar-refractivity contribution in [2.75, 3.05) is 4.72 Å². The minimum absolute atomic E-state index is 0.182. The second-order valence-corrected chi connectivity index (χ2v) is 8.14. The zero-order chi connectivity index (χ0) is 17.9. The molecule has 25 heavy (non-hydrogen) atoms. The Kier molecular flexibility index (Phi) is 5.04. The molecule has 0 aliphatic heterocycles. The minimum Gasteiger partial charge on any atom is -0.280 e. The molecule has 0 saturated heterocycles. The first kappa shape index (κ1) is 17.4. The van der Waals surface area contributed by atoms with Crippen molar-refractivity contribution < 1.29 is 8.42 Å². The zero-order valence-electron chi connectivity index (χ0n) is 14.4. The van der Waals surface area contributed by atoms with E-state index in [9.17, 15) is 8.42 Å². The van der Waals surface area contributed by atoms with E-state index in [1.807, 2.05) is 31.2 Å². The van der Waals surface area contributed by atoms with Crippen LogP contribution in [0.25, 0.3) is 10.9 Å². The average molecular weight is 354 g/mol. The van der Waals surface area contributed by atoms with Crippen molar-refractivity contribution in [3.8, 4) is 0 Å². The van der Waals surface area contributed by atoms with Crippen LogP contribution in [0.15, 0.2) is 65.7 Å². The number of nitrogens with one attached hydrogen (secondary N) is 1. The van der Waals surface area contributed by atoms with Crippen LogP contribution in [0.4, 0.5) is 5.69 Å². The summed E-state index contributed by atoms with van der Waals surface area (Å²) in [6.45, 7) is 4.23. The first-order valence-electron chi connectivity index (χ1n) is 8.39. The molecule has 1 aliphatic carbocycles. The molecule has 130 valence electrons. The van der Waals surface area contributed by atoms with Gasteiger partial charge in [0.05, 0.1) is 5.52 Å². The Hall–Kier alpha value is -2.40. The zero-order valence-corrected chi connectivity index (χ0v) is 15.3. The van der Waals surface area contributed by atoms with Crippen LogP contribution in [0.3, 0.4) is 0 Å². The molecule has 1 N–H and O–H groups in total. The van der Waals surface area contributed by atoms with Gasteiger partial charge in [0.2, 0.25) is 0 Å². The highest BCUT2D eigenvalue weighted by Crippen LogP contribution is 2.26. The predicted molar refractivity (Wildman–Crippen MR) is 102 cm³/mol. The first-order valence-corrected chi connectivity index (χ1v) is 9.87. The summed E-state index contributed by atoms with van der Waals surface area (Å²) in [4.78, 5) is 4.37. The van der Waals surface area contributed by atoms with Gasteiger partial charge >= 0.3 is 0 Å². The standard InChI is InChI=1S/C16H14N2O2S.C4H8/c1-12-7-9-14(10-8-12)18-21(19,20)15-6-2-4-13-5-3-11-17-16(13)15;1-4-2-3-4/h2-11,18H,1H3;4H,2-3H2,1H3. The number of hydrogen-bond acceptors (Lipinski definition) is 3. The summed E-state index contributed by atoms with van der Waals surface area (Å²) >= 11 is 0. The smallest absolute Gasteiger partial charge is 0.264 e. The van der Waals surface area contributed by atoms with Gasteiger partial charge in [-0.1, -0.05) is 55.7 Å². The van der Waals surface area contributed by atoms with Gasteiger partial charge in [0, 0.05) is 17.3 Å². The van der Waals surface area contributed by atoms with E-state index in [0.717, 1.165) is 16.9 Å². The van der Waals surface area contributed by atoms with Gasteiger partial charge in [-0.25, -0.2) is 8.42 Å². The van der Waals surface area contributed by atoms with Crippen LogP contribution < -0.4 is 4.72 Å². The SMILES string of the molecule is CC1CC1.Cc1ccc(NS(=O)(=O)c2cccc3cccnc23)cc1. The molecule has 1 fully saturated rings. The average Bonchev–Trinajstić information content (AvgIpc) is 3.39. The molecule has 1 aromatic heterocycles. The molecule has 4 nitrogen and oxygen atoms in total. The van der Waals surface area contributed by atoms with Crippen molar-refractivity contribution in [1.29, 1.82) is 0 Å². The quantitative estimate of drug-likeness (QED) is 0.738. The van der Waals surface area contributed by atoms with E-state index in [4.69, 9.17) is 0 Å². The van der Waals surface area contributed by atoms with E-state index in [0.29, 0.717) is 11.2 Å². The summed E-state index contributed by atoms with van der Waals surface area (Å²) in [6, 6.07) is 15.9. The van der Waals surface area contributed by atoms with Crippen molar-refractivity contribution >= 4 is 26.6 Å². The number of aromatic nitrogens is 1. The summed E-state index contributed by atoms with van der Waals surface area (Å²) in [7, 11) is -3.67. The summed E-state index contributed by atoms with van der Waals surface area (Å²) in [5, 5.41) is 0.796. The molecule has 1 heterocycles. The van der Waals surface area contributed by atoms with E-state index < -0.39 is 10.0 Å². The molecule has 3 aromatic rings. The Bertz CT molecular complexity index is 957. The Morgan fingerprint density at radius 3 is 2.28 bits per heavy atom. The highest BCUT2D eigenvalue weighted by Gasteiger charge is 2.18. The Labute approximate surface area is 149 Å². The van der Waals surface area contributed by atoms with E-state index in [1.54, 1.807) is 36.5 Å². The lowest BCUT2D eigenvalue weighted by atomic mass is 10.2. The Morgan fingerprint density at radius 1 is 1.00 bits per heavy atom. The van der Waals surface area contributed by atoms with Gasteiger partial charge in [-0.2, -0.15) is 0 Å². The molecule has 1 saturated carbocycles. The molecular formula is C20H22N2O2S. The van der Waals surface area contributed by atoms with Gasteiger partial charge in [0.1, 0.15) is 4.90 Å². The largest absolute Gasteiger partial charge is 0.280 e. The van der Waals surface area contributed by atoms with E-state index in [2.05, 4.69) is 16.6 Å². The van der Waals surface area contributed by atoms with Gasteiger partial charge in [-0.3, -0.25) is 9.71 Å². The number of nitrogens with zero attached hydrogens (tertiary/aromatic N) is 1. The monoisotopic (exact) mass is 354 g/mol. The topological polar surface area (TPSA) is 59.1 Å². The summed E-state index contributed by atoms with van der Waals surface area (Å²) < 4.78 is 27.7. The van der Waals surface area contributed by atoms with Crippen molar-refractivity contribution in [1.82, 2.24) is 4.98 Å². The lowest BCUT2D eigenvalue weighted by Crippen LogP contribution is -2.13. The molecule has 0 atom stereocenters. The number of para-hydroxylation sites is 1. The van der Waals surface area contributed by atoms with Gasteiger partial charge < -0.3 is 0 Å². The fourth-order valence-electron chi connectivity index (χ4n) is 2.29. The third-order valence-corrected chi connectivity index (χ3v) is 5.47. The fraction of sp³-hybridized carbons (Fsp3) is 0.250. The van der Waals surface area contributed by atoms with Crippen molar-refractivity contribution in [3.05, 3.63) is 66.4 Å². The number of sulfonamides is 1. The van der Waals surface area contributed by atoms with Crippen LogP contribution in [0.1, 0.15) is 25.3 Å². The normalized spacial score (nSPS) is 13.8. The van der Waals surface area contributed by atoms with Crippen LogP contribution in [0, 0.1) is 12.8 Å². The van der Waals surface area contributed by atoms with Crippen LogP contribution >= 0.6 is 0 Å². The van der Waals surface area contributed by atoms with E-state index in [1.165, 1.54) is 12.8 Å². The maximum atomic E-state index is 12.5. The Morgan fingerprint density at radius 2 is 1.64 bits per heavy atom. The number of fused-ring (bicyclic) bond motifs is 1. The highest BCUT2D eigenvalue weighted by atomic mass is 32.2. The molecule has 2 aromatic carbocycles. The first-order chi connectivity index (χ1) is 12.0. The van der Waals surface area contributed by atoms with Gasteiger partial charge in [-0.15, -0.1) is 0 Å². The maximum absolute atomic E-state index is 12.5. The number of hydrogen-bond donors (Lipinski definition) is 1. The number of rotatable bonds is 3. The lowest BCUT2D eigenvalue weighted by Gasteiger charge is -2.10. The van der Waals surface area contributed by atoms with Crippen LogP contribution in [0.2, 0.25) is 0 Å². The minimum atomic E-state index is -3.67. The molecule has 0 unspecified atom stereocenters. The van der Waals surface area contributed by atoms with Crippen molar-refractivity contribution in [2.24, 2.45) is 5.92 Å². The second-order valence-electron chi connectivity index (χ2n) is 6.49. The van der Waals surface area contributed by atoms with Crippen LogP contribution in [-0.2, 0) is 10.0 Å². The number of benzene rings is 2. The van der Waals surface area contributed by atoms with Gasteiger partial charge in [0.15, 0.2) is 0 Å². The molecule has 4 rings (SSSR count). The molecule has 0 amide bonds.